The fraction of sp³-hybridized carbons (Fsp3) is 0.286. The Morgan fingerprint density at radius 1 is 1.48 bits per heavy atom. The van der Waals surface area contributed by atoms with Gasteiger partial charge in [0.15, 0.2) is 0 Å². The molecule has 1 saturated heterocycles. The van der Waals surface area contributed by atoms with Gasteiger partial charge >= 0.3 is 5.97 Å². The van der Waals surface area contributed by atoms with Crippen molar-refractivity contribution >= 4 is 41.3 Å². The van der Waals surface area contributed by atoms with Crippen LogP contribution in [0.5, 0.6) is 0 Å². The number of aliphatic carboxylic acids is 1. The Kier molecular flexibility index (Phi) is 5.25. The predicted octanol–water partition coefficient (Wildman–Crippen LogP) is 2.52. The molecular weight excluding hydrogens is 317 g/mol. The van der Waals surface area contributed by atoms with Crippen LogP contribution in [0.1, 0.15) is 5.56 Å². The van der Waals surface area contributed by atoms with Crippen molar-refractivity contribution in [2.45, 2.75) is 6.04 Å². The third-order valence-electron chi connectivity index (χ3n) is 3.06. The minimum absolute atomic E-state index is 0.0256. The number of hydrogen-bond donors (Lipinski definition) is 1. The number of carbonyl (C=O) groups excluding carboxylic acids is 1. The molecular formula is C14H13ClFNO3S. The van der Waals surface area contributed by atoms with E-state index in [1.807, 2.05) is 0 Å². The van der Waals surface area contributed by atoms with Gasteiger partial charge in [-0.3, -0.25) is 4.79 Å². The molecule has 1 aliphatic rings. The van der Waals surface area contributed by atoms with E-state index < -0.39 is 17.8 Å². The molecule has 1 fully saturated rings. The Labute approximate surface area is 130 Å². The topological polar surface area (TPSA) is 57.6 Å². The number of hydrogen-bond acceptors (Lipinski definition) is 3. The highest BCUT2D eigenvalue weighted by molar-refractivity contribution is 7.99. The molecule has 1 amide bonds. The summed E-state index contributed by atoms with van der Waals surface area (Å²) in [4.78, 5) is 24.6. The van der Waals surface area contributed by atoms with Gasteiger partial charge in [0.1, 0.15) is 11.9 Å². The molecule has 1 N–H and O–H groups in total. The molecule has 0 aromatic heterocycles. The lowest BCUT2D eigenvalue weighted by atomic mass is 10.2. The van der Waals surface area contributed by atoms with Gasteiger partial charge in [0.05, 0.1) is 5.02 Å². The third kappa shape index (κ3) is 3.98. The fourth-order valence-corrected chi connectivity index (χ4v) is 3.18. The number of halogens is 2. The number of carboxylic acid groups (broad SMARTS) is 1. The average molecular weight is 330 g/mol. The lowest BCUT2D eigenvalue weighted by Crippen LogP contribution is -2.49. The van der Waals surface area contributed by atoms with E-state index >= 15 is 0 Å². The van der Waals surface area contributed by atoms with E-state index in [2.05, 4.69) is 0 Å². The maximum atomic E-state index is 13.0. The van der Waals surface area contributed by atoms with E-state index in [0.717, 1.165) is 0 Å². The smallest absolute Gasteiger partial charge is 0.327 e. The van der Waals surface area contributed by atoms with Gasteiger partial charge in [-0.2, -0.15) is 11.8 Å². The van der Waals surface area contributed by atoms with Crippen LogP contribution in [0.15, 0.2) is 24.3 Å². The lowest BCUT2D eigenvalue weighted by Gasteiger charge is -2.31. The van der Waals surface area contributed by atoms with Crippen molar-refractivity contribution < 1.29 is 19.1 Å². The van der Waals surface area contributed by atoms with Gasteiger partial charge in [0, 0.05) is 24.1 Å². The van der Waals surface area contributed by atoms with Gasteiger partial charge in [0.25, 0.3) is 0 Å². The van der Waals surface area contributed by atoms with Gasteiger partial charge in [0.2, 0.25) is 5.91 Å². The highest BCUT2D eigenvalue weighted by Crippen LogP contribution is 2.19. The van der Waals surface area contributed by atoms with E-state index in [4.69, 9.17) is 16.7 Å². The van der Waals surface area contributed by atoms with Crippen LogP contribution in [-0.2, 0) is 9.59 Å². The fourth-order valence-electron chi connectivity index (χ4n) is 1.95. The number of carboxylic acids is 1. The number of benzene rings is 1. The molecule has 1 aliphatic heterocycles. The summed E-state index contributed by atoms with van der Waals surface area (Å²) in [6, 6.07) is 3.30. The number of nitrogens with zero attached hydrogens (tertiary/aromatic N) is 1. The van der Waals surface area contributed by atoms with E-state index in [0.29, 0.717) is 23.6 Å². The van der Waals surface area contributed by atoms with E-state index in [9.17, 15) is 14.0 Å². The van der Waals surface area contributed by atoms with Crippen LogP contribution in [0.2, 0.25) is 5.02 Å². The van der Waals surface area contributed by atoms with Crippen molar-refractivity contribution in [1.29, 1.82) is 0 Å². The third-order valence-corrected chi connectivity index (χ3v) is 4.37. The SMILES string of the molecule is O=C(O)C1CSCCN1C(=O)/C=C/c1ccc(F)c(Cl)c1. The monoisotopic (exact) mass is 329 g/mol. The summed E-state index contributed by atoms with van der Waals surface area (Å²) in [6.45, 7) is 0.398. The molecule has 0 bridgehead atoms. The largest absolute Gasteiger partial charge is 0.480 e. The molecule has 1 atom stereocenters. The first-order chi connectivity index (χ1) is 9.99. The number of rotatable bonds is 3. The van der Waals surface area contributed by atoms with Crippen LogP contribution < -0.4 is 0 Å². The van der Waals surface area contributed by atoms with Crippen LogP contribution in [0.25, 0.3) is 6.08 Å². The zero-order chi connectivity index (χ0) is 15.4. The van der Waals surface area contributed by atoms with Crippen LogP contribution in [0, 0.1) is 5.82 Å². The first-order valence-electron chi connectivity index (χ1n) is 6.23. The minimum atomic E-state index is -1.01. The molecule has 1 aromatic rings. The maximum Gasteiger partial charge on any atom is 0.327 e. The predicted molar refractivity (Wildman–Crippen MR) is 80.9 cm³/mol. The highest BCUT2D eigenvalue weighted by Gasteiger charge is 2.31. The van der Waals surface area contributed by atoms with Crippen LogP contribution in [0.4, 0.5) is 4.39 Å². The second kappa shape index (κ2) is 6.95. The molecule has 0 saturated carbocycles. The van der Waals surface area contributed by atoms with Crippen molar-refractivity contribution in [2.24, 2.45) is 0 Å². The standard InChI is InChI=1S/C14H13ClFNO3S/c15-10-7-9(1-3-11(10)16)2-4-13(18)17-5-6-21-8-12(17)14(19)20/h1-4,7,12H,5-6,8H2,(H,19,20)/b4-2+. The van der Waals surface area contributed by atoms with Crippen LogP contribution in [0.3, 0.4) is 0 Å². The zero-order valence-electron chi connectivity index (χ0n) is 11.0. The summed E-state index contributed by atoms with van der Waals surface area (Å²) in [5.74, 6) is -0.806. The Balaban J connectivity index is 2.10. The summed E-state index contributed by atoms with van der Waals surface area (Å²) in [5, 5.41) is 9.09. The molecule has 1 unspecified atom stereocenters. The molecule has 1 aromatic carbocycles. The van der Waals surface area contributed by atoms with Gasteiger partial charge in [-0.05, 0) is 23.8 Å². The zero-order valence-corrected chi connectivity index (χ0v) is 12.5. The second-order valence-electron chi connectivity index (χ2n) is 4.47. The lowest BCUT2D eigenvalue weighted by molar-refractivity contribution is -0.147. The van der Waals surface area contributed by atoms with Crippen molar-refractivity contribution in [1.82, 2.24) is 4.90 Å². The Morgan fingerprint density at radius 3 is 2.90 bits per heavy atom. The van der Waals surface area contributed by atoms with Crippen molar-refractivity contribution in [3.05, 3.63) is 40.7 Å². The molecule has 2 rings (SSSR count). The van der Waals surface area contributed by atoms with Crippen molar-refractivity contribution in [3.8, 4) is 0 Å². The van der Waals surface area contributed by atoms with Crippen molar-refractivity contribution in [2.75, 3.05) is 18.1 Å². The summed E-state index contributed by atoms with van der Waals surface area (Å²) >= 11 is 7.17. The first-order valence-corrected chi connectivity index (χ1v) is 7.76. The minimum Gasteiger partial charge on any atom is -0.480 e. The van der Waals surface area contributed by atoms with Gasteiger partial charge < -0.3 is 10.0 Å². The van der Waals surface area contributed by atoms with E-state index in [1.165, 1.54) is 47.0 Å². The molecule has 21 heavy (non-hydrogen) atoms. The average Bonchev–Trinajstić information content (AvgIpc) is 2.48. The maximum absolute atomic E-state index is 13.0. The molecule has 0 spiro atoms. The van der Waals surface area contributed by atoms with Crippen LogP contribution >= 0.6 is 23.4 Å². The summed E-state index contributed by atoms with van der Waals surface area (Å²) in [7, 11) is 0. The van der Waals surface area contributed by atoms with Gasteiger partial charge in [-0.1, -0.05) is 17.7 Å². The van der Waals surface area contributed by atoms with E-state index in [-0.39, 0.29) is 10.9 Å². The quantitative estimate of drug-likeness (QED) is 0.866. The molecule has 112 valence electrons. The van der Waals surface area contributed by atoms with Crippen molar-refractivity contribution in [3.63, 3.8) is 0 Å². The molecule has 1 heterocycles. The molecule has 7 heteroatoms. The Bertz CT molecular complexity index is 594. The number of amides is 1. The number of thioether (sulfide) groups is 1. The van der Waals surface area contributed by atoms with Gasteiger partial charge in [-0.25, -0.2) is 9.18 Å². The second-order valence-corrected chi connectivity index (χ2v) is 6.02. The van der Waals surface area contributed by atoms with Crippen LogP contribution in [-0.4, -0.2) is 46.0 Å². The number of carbonyl (C=O) groups is 2. The Hall–Kier alpha value is -1.53. The highest BCUT2D eigenvalue weighted by atomic mass is 35.5. The molecule has 0 aliphatic carbocycles. The summed E-state index contributed by atoms with van der Waals surface area (Å²) < 4.78 is 13.0. The normalized spacial score (nSPS) is 19.0. The Morgan fingerprint density at radius 2 is 2.24 bits per heavy atom. The first kappa shape index (κ1) is 15.9. The molecule has 0 radical (unpaired) electrons. The summed E-state index contributed by atoms with van der Waals surface area (Å²) in [6.07, 6.45) is 2.78. The van der Waals surface area contributed by atoms with E-state index in [1.54, 1.807) is 0 Å². The summed E-state index contributed by atoms with van der Waals surface area (Å²) in [5.41, 5.74) is 0.577. The molecule has 4 nitrogen and oxygen atoms in total. The van der Waals surface area contributed by atoms with Gasteiger partial charge in [-0.15, -0.1) is 0 Å².